The topological polar surface area (TPSA) is 209 Å². The zero-order valence-electron chi connectivity index (χ0n) is 27.5. The van der Waals surface area contributed by atoms with E-state index in [2.05, 4.69) is 61.5 Å². The predicted octanol–water partition coefficient (Wildman–Crippen LogP) is 1.76. The molecule has 258 valence electrons. The van der Waals surface area contributed by atoms with Gasteiger partial charge in [-0.15, -0.1) is 0 Å². The smallest absolute Gasteiger partial charge is 0.326 e. The zero-order chi connectivity index (χ0) is 33.6. The Kier molecular flexibility index (Phi) is 14.0. The number of likely N-dealkylation sites (tertiary alicyclic amines) is 1. The number of H-pyrrole nitrogens is 1. The molecule has 1 aliphatic heterocycles. The van der Waals surface area contributed by atoms with Crippen molar-refractivity contribution in [3.63, 3.8) is 0 Å². The van der Waals surface area contributed by atoms with Crippen LogP contribution in [-0.4, -0.2) is 76.7 Å². The number of nitrogens with zero attached hydrogens (tertiary/aromatic N) is 3. The minimum Gasteiger partial charge on any atom is -0.478 e. The normalized spacial score (nSPS) is 14.7. The van der Waals surface area contributed by atoms with Gasteiger partial charge in [-0.25, -0.2) is 10.7 Å². The number of carbonyl (C=O) groups excluding carboxylic acids is 2. The number of aromatic amines is 1. The number of piperidine rings is 1. The van der Waals surface area contributed by atoms with Crippen LogP contribution in [0.15, 0.2) is 35.1 Å². The van der Waals surface area contributed by atoms with Crippen molar-refractivity contribution in [1.29, 1.82) is 0 Å². The number of imidazole rings is 1. The second kappa shape index (κ2) is 18.4. The Morgan fingerprint density at radius 3 is 2.49 bits per heavy atom. The van der Waals surface area contributed by atoms with E-state index in [9.17, 15) is 14.4 Å². The Labute approximate surface area is 275 Å². The number of carbonyl (C=O) groups is 2. The summed E-state index contributed by atoms with van der Waals surface area (Å²) in [5.41, 5.74) is 15.4. The van der Waals surface area contributed by atoms with Gasteiger partial charge in [-0.05, 0) is 75.1 Å². The fourth-order valence-corrected chi connectivity index (χ4v) is 5.83. The largest absolute Gasteiger partial charge is 0.478 e. The first-order valence-electron chi connectivity index (χ1n) is 16.7. The number of rotatable bonds is 19. The summed E-state index contributed by atoms with van der Waals surface area (Å²) >= 11 is 0. The van der Waals surface area contributed by atoms with Crippen molar-refractivity contribution in [2.75, 3.05) is 45.1 Å². The number of anilines is 1. The molecule has 1 aliphatic rings. The number of fused-ring (bicyclic) bond motifs is 1. The van der Waals surface area contributed by atoms with Gasteiger partial charge in [0.2, 0.25) is 17.7 Å². The third kappa shape index (κ3) is 11.1. The van der Waals surface area contributed by atoms with Crippen LogP contribution in [-0.2, 0) is 27.5 Å². The monoisotopic (exact) mass is 653 g/mol. The van der Waals surface area contributed by atoms with E-state index in [1.807, 2.05) is 0 Å². The van der Waals surface area contributed by atoms with Crippen LogP contribution in [0.4, 0.5) is 5.82 Å². The lowest BCUT2D eigenvalue weighted by Crippen LogP contribution is -2.42. The van der Waals surface area contributed by atoms with Crippen molar-refractivity contribution in [2.24, 2.45) is 17.5 Å². The minimum atomic E-state index is -0.548. The molecule has 1 fully saturated rings. The second-order valence-electron chi connectivity index (χ2n) is 12.3. The molecule has 1 aromatic carbocycles. The molecule has 1 saturated heterocycles. The van der Waals surface area contributed by atoms with Crippen molar-refractivity contribution in [1.82, 2.24) is 30.1 Å². The van der Waals surface area contributed by atoms with Crippen LogP contribution in [0.2, 0.25) is 0 Å². The quantitative estimate of drug-likeness (QED) is 0.0816. The highest BCUT2D eigenvalue weighted by atomic mass is 16.6. The third-order valence-corrected chi connectivity index (χ3v) is 8.66. The van der Waals surface area contributed by atoms with Crippen molar-refractivity contribution in [3.8, 4) is 5.88 Å². The molecule has 14 nitrogen and oxygen atoms in total. The van der Waals surface area contributed by atoms with Crippen molar-refractivity contribution in [3.05, 3.63) is 51.9 Å². The number of amides is 2. The number of benzene rings is 1. The minimum absolute atomic E-state index is 0.122. The van der Waals surface area contributed by atoms with Crippen LogP contribution < -0.4 is 38.4 Å². The molecule has 47 heavy (non-hydrogen) atoms. The van der Waals surface area contributed by atoms with E-state index in [0.29, 0.717) is 55.5 Å². The van der Waals surface area contributed by atoms with Crippen molar-refractivity contribution in [2.45, 2.75) is 77.4 Å². The van der Waals surface area contributed by atoms with Gasteiger partial charge in [-0.2, -0.15) is 4.98 Å². The maximum Gasteiger partial charge on any atom is 0.326 e. The Balaban J connectivity index is 1.15. The number of nitrogens with one attached hydrogen (secondary N) is 3. The van der Waals surface area contributed by atoms with Crippen LogP contribution in [0.25, 0.3) is 11.0 Å². The van der Waals surface area contributed by atoms with Gasteiger partial charge >= 0.3 is 5.69 Å². The van der Waals surface area contributed by atoms with Gasteiger partial charge in [0.05, 0.1) is 24.7 Å². The van der Waals surface area contributed by atoms with E-state index < -0.39 is 6.04 Å². The summed E-state index contributed by atoms with van der Waals surface area (Å²) in [6, 6.07) is 9.62. The molecule has 9 N–H and O–H groups in total. The summed E-state index contributed by atoms with van der Waals surface area (Å²) in [5, 5.41) is 5.68. The summed E-state index contributed by atoms with van der Waals surface area (Å²) in [4.78, 5) is 50.3. The lowest BCUT2D eigenvalue weighted by molar-refractivity contribution is -0.126. The lowest BCUT2D eigenvalue weighted by Gasteiger charge is -2.32. The molecule has 4 rings (SSSR count). The molecule has 0 aliphatic carbocycles. The van der Waals surface area contributed by atoms with Crippen LogP contribution in [0.3, 0.4) is 0 Å². The van der Waals surface area contributed by atoms with Gasteiger partial charge in [-0.1, -0.05) is 37.6 Å². The molecule has 1 atom stereocenters. The number of nitrogen functional groups attached to an aromatic ring is 1. The number of hydrogen-bond donors (Lipinski definition) is 6. The highest BCUT2D eigenvalue weighted by Crippen LogP contribution is 2.24. The van der Waals surface area contributed by atoms with Gasteiger partial charge < -0.3 is 31.8 Å². The lowest BCUT2D eigenvalue weighted by atomic mass is 9.93. The summed E-state index contributed by atoms with van der Waals surface area (Å²) in [6.45, 7) is 6.91. The first-order valence-corrected chi connectivity index (χ1v) is 16.7. The molecule has 14 heteroatoms. The maximum absolute atomic E-state index is 12.8. The third-order valence-electron chi connectivity index (χ3n) is 8.66. The van der Waals surface area contributed by atoms with Gasteiger partial charge in [-0.3, -0.25) is 23.9 Å². The Morgan fingerprint density at radius 1 is 1.06 bits per heavy atom. The average molecular weight is 654 g/mol. The molecule has 2 amide bonds. The van der Waals surface area contributed by atoms with Crippen LogP contribution in [0, 0.1) is 5.92 Å². The average Bonchev–Trinajstić information content (AvgIpc) is 3.37. The highest BCUT2D eigenvalue weighted by molar-refractivity contribution is 5.86. The van der Waals surface area contributed by atoms with Crippen molar-refractivity contribution < 1.29 is 19.2 Å². The van der Waals surface area contributed by atoms with E-state index in [-0.39, 0.29) is 29.9 Å². The first-order chi connectivity index (χ1) is 22.8. The van der Waals surface area contributed by atoms with Crippen LogP contribution >= 0.6 is 0 Å². The number of ether oxygens (including phenoxy) is 1. The van der Waals surface area contributed by atoms with E-state index in [0.717, 1.165) is 70.1 Å². The van der Waals surface area contributed by atoms with Gasteiger partial charge in [0.15, 0.2) is 5.82 Å². The zero-order valence-corrected chi connectivity index (χ0v) is 27.5. The molecule has 3 aromatic rings. The number of nitrogens with two attached hydrogens (primary N) is 3. The molecule has 0 radical (unpaired) electrons. The van der Waals surface area contributed by atoms with Crippen LogP contribution in [0.1, 0.15) is 69.4 Å². The molecule has 0 spiro atoms. The fourth-order valence-electron chi connectivity index (χ4n) is 5.83. The predicted molar refractivity (Wildman–Crippen MR) is 181 cm³/mol. The SMILES string of the molecule is CCCCOc1cc2c([nH]c(=O)n2Cc2ccc(CN3CCC(CCNC(=O)[C@@H](N)CCCCNC(=O)CON)CC3)cc2)c(N)n1. The van der Waals surface area contributed by atoms with Gasteiger partial charge in [0, 0.05) is 25.7 Å². The van der Waals surface area contributed by atoms with E-state index in [1.165, 1.54) is 5.56 Å². The Hall–Kier alpha value is -3.98. The maximum atomic E-state index is 12.8. The van der Waals surface area contributed by atoms with E-state index >= 15 is 0 Å². The Bertz CT molecular complexity index is 1480. The number of unbranched alkanes of at least 4 members (excludes halogenated alkanes) is 2. The second-order valence-corrected chi connectivity index (χ2v) is 12.3. The highest BCUT2D eigenvalue weighted by Gasteiger charge is 2.20. The molecule has 3 heterocycles. The van der Waals surface area contributed by atoms with Crippen LogP contribution in [0.5, 0.6) is 5.88 Å². The van der Waals surface area contributed by atoms with Gasteiger partial charge in [0.25, 0.3) is 0 Å². The summed E-state index contributed by atoms with van der Waals surface area (Å²) < 4.78 is 7.42. The summed E-state index contributed by atoms with van der Waals surface area (Å²) in [7, 11) is 0. The standard InChI is InChI=1S/C33H51N9O5/c1-2-3-18-46-29-19-27-30(31(35)39-29)40-33(45)42(27)21-25-9-7-24(8-10-25)20-41-16-12-23(13-17-41)11-15-38-32(44)26(34)6-4-5-14-37-28(43)22-47-36/h7-10,19,23,26H,2-6,11-18,20-22,34,36H2,1H3,(H2,35,39)(H,37,43)(H,38,44)(H,40,45)/t26-/m0/s1. The number of hydrogen-bond acceptors (Lipinski definition) is 10. The summed E-state index contributed by atoms with van der Waals surface area (Å²) in [6.07, 6.45) is 7.10. The molecular formula is C33H51N9O5. The van der Waals surface area contributed by atoms with Gasteiger partial charge in [0.1, 0.15) is 12.1 Å². The summed E-state index contributed by atoms with van der Waals surface area (Å²) in [5.74, 6) is 5.73. The Morgan fingerprint density at radius 2 is 1.79 bits per heavy atom. The number of aromatic nitrogens is 3. The first kappa shape index (κ1) is 35.9. The molecule has 2 aromatic heterocycles. The van der Waals surface area contributed by atoms with E-state index in [1.54, 1.807) is 10.6 Å². The molecule has 0 unspecified atom stereocenters. The molecule has 0 saturated carbocycles. The van der Waals surface area contributed by atoms with Crippen molar-refractivity contribution >= 4 is 28.7 Å². The number of pyridine rings is 1. The van der Waals surface area contributed by atoms with E-state index in [4.69, 9.17) is 22.1 Å². The molecular weight excluding hydrogens is 602 g/mol. The molecule has 0 bridgehead atoms. The fraction of sp³-hybridized carbons (Fsp3) is 0.576.